The molecule has 14 heavy (non-hydrogen) atoms. The van der Waals surface area contributed by atoms with Gasteiger partial charge < -0.3 is 5.73 Å². The number of nitrogens with zero attached hydrogens (tertiary/aromatic N) is 1. The molecule has 0 radical (unpaired) electrons. The van der Waals surface area contributed by atoms with E-state index in [1.165, 1.54) is 5.56 Å². The summed E-state index contributed by atoms with van der Waals surface area (Å²) in [7, 11) is 0. The number of aryl methyl sites for hydroxylation is 1. The molecule has 2 N–H and O–H groups in total. The van der Waals surface area contributed by atoms with E-state index in [1.54, 1.807) is 0 Å². The highest BCUT2D eigenvalue weighted by molar-refractivity contribution is 6.30. The molecule has 0 fully saturated rings. The maximum Gasteiger partial charge on any atom is 0.134 e. The number of rotatable bonds is 1. The third kappa shape index (κ3) is 1.59. The zero-order valence-electron chi connectivity index (χ0n) is 7.92. The Morgan fingerprint density at radius 3 is 2.86 bits per heavy atom. The molecule has 0 bridgehead atoms. The van der Waals surface area contributed by atoms with Gasteiger partial charge in [0.25, 0.3) is 0 Å². The second-order valence-corrected chi connectivity index (χ2v) is 3.70. The molecular weight excluding hydrogens is 196 g/mol. The van der Waals surface area contributed by atoms with E-state index in [-0.39, 0.29) is 0 Å². The molecule has 0 atom stereocenters. The van der Waals surface area contributed by atoms with Gasteiger partial charge in [-0.1, -0.05) is 23.2 Å². The molecule has 1 aromatic heterocycles. The summed E-state index contributed by atoms with van der Waals surface area (Å²) in [5.74, 6) is 0. The molecule has 3 heteroatoms. The molecule has 2 nitrogen and oxygen atoms in total. The Morgan fingerprint density at radius 2 is 2.14 bits per heavy atom. The van der Waals surface area contributed by atoms with Crippen molar-refractivity contribution < 1.29 is 0 Å². The average molecular weight is 207 g/mol. The molecule has 0 spiro atoms. The van der Waals surface area contributed by atoms with Gasteiger partial charge in [-0.25, -0.2) is 4.98 Å². The number of benzene rings is 1. The number of halogens is 1. The highest BCUT2D eigenvalue weighted by Gasteiger charge is 2.02. The minimum atomic E-state index is 0.426. The van der Waals surface area contributed by atoms with Gasteiger partial charge >= 0.3 is 0 Å². The number of fused-ring (bicyclic) bond motifs is 1. The van der Waals surface area contributed by atoms with Crippen molar-refractivity contribution in [2.75, 3.05) is 0 Å². The largest absolute Gasteiger partial charge is 0.326 e. The summed E-state index contributed by atoms with van der Waals surface area (Å²) in [6.45, 7) is 2.48. The van der Waals surface area contributed by atoms with Crippen LogP contribution in [0, 0.1) is 6.92 Å². The zero-order chi connectivity index (χ0) is 10.1. The molecule has 0 saturated carbocycles. The fourth-order valence-corrected chi connectivity index (χ4v) is 1.68. The van der Waals surface area contributed by atoms with Crippen LogP contribution in [0.1, 0.15) is 11.1 Å². The summed E-state index contributed by atoms with van der Waals surface area (Å²) in [5.41, 5.74) is 8.58. The lowest BCUT2D eigenvalue weighted by molar-refractivity contribution is 1.06. The van der Waals surface area contributed by atoms with Crippen molar-refractivity contribution in [1.82, 2.24) is 4.98 Å². The number of hydrogen-bond acceptors (Lipinski definition) is 2. The maximum absolute atomic E-state index is 5.95. The molecule has 1 heterocycles. The third-order valence-corrected chi connectivity index (χ3v) is 2.54. The summed E-state index contributed by atoms with van der Waals surface area (Å²) in [6, 6.07) is 8.07. The molecule has 1 aromatic carbocycles. The van der Waals surface area contributed by atoms with Crippen LogP contribution in [-0.2, 0) is 6.54 Å². The fraction of sp³-hybridized carbons (Fsp3) is 0.182. The molecule has 0 aliphatic carbocycles. The van der Waals surface area contributed by atoms with Gasteiger partial charge in [-0.3, -0.25) is 0 Å². The van der Waals surface area contributed by atoms with Gasteiger partial charge in [0, 0.05) is 17.5 Å². The van der Waals surface area contributed by atoms with Crippen LogP contribution in [0.25, 0.3) is 10.9 Å². The van der Waals surface area contributed by atoms with E-state index in [1.807, 2.05) is 18.2 Å². The Balaban J connectivity index is 2.73. The average Bonchev–Trinajstić information content (AvgIpc) is 2.17. The van der Waals surface area contributed by atoms with Crippen LogP contribution in [0.2, 0.25) is 5.15 Å². The molecular formula is C11H11ClN2. The van der Waals surface area contributed by atoms with Crippen LogP contribution >= 0.6 is 11.6 Å². The van der Waals surface area contributed by atoms with Crippen LogP contribution in [0.3, 0.4) is 0 Å². The predicted molar refractivity (Wildman–Crippen MR) is 59.4 cm³/mol. The van der Waals surface area contributed by atoms with Crippen molar-refractivity contribution >= 4 is 22.5 Å². The first-order valence-electron chi connectivity index (χ1n) is 4.46. The topological polar surface area (TPSA) is 38.9 Å². The molecule has 72 valence electrons. The van der Waals surface area contributed by atoms with Crippen molar-refractivity contribution in [2.45, 2.75) is 13.5 Å². The molecule has 0 aliphatic heterocycles. The summed E-state index contributed by atoms with van der Waals surface area (Å²) >= 11 is 5.95. The monoisotopic (exact) mass is 206 g/mol. The van der Waals surface area contributed by atoms with Crippen LogP contribution in [0.15, 0.2) is 24.3 Å². The lowest BCUT2D eigenvalue weighted by Crippen LogP contribution is -1.98. The Hall–Kier alpha value is -1.12. The van der Waals surface area contributed by atoms with E-state index in [0.29, 0.717) is 11.7 Å². The summed E-state index contributed by atoms with van der Waals surface area (Å²) in [6.07, 6.45) is 0. The van der Waals surface area contributed by atoms with Crippen molar-refractivity contribution in [2.24, 2.45) is 5.73 Å². The predicted octanol–water partition coefficient (Wildman–Crippen LogP) is 2.66. The van der Waals surface area contributed by atoms with Crippen molar-refractivity contribution in [3.63, 3.8) is 0 Å². The minimum absolute atomic E-state index is 0.426. The molecule has 0 aliphatic rings. The third-order valence-electron chi connectivity index (χ3n) is 2.22. The van der Waals surface area contributed by atoms with E-state index in [9.17, 15) is 0 Å². The second-order valence-electron chi connectivity index (χ2n) is 3.34. The normalized spacial score (nSPS) is 10.8. The fourth-order valence-electron chi connectivity index (χ4n) is 1.46. The van der Waals surface area contributed by atoms with Gasteiger partial charge in [-0.15, -0.1) is 0 Å². The maximum atomic E-state index is 5.95. The van der Waals surface area contributed by atoms with Crippen LogP contribution in [0.5, 0.6) is 0 Å². The van der Waals surface area contributed by atoms with E-state index in [4.69, 9.17) is 17.3 Å². The Kier molecular flexibility index (Phi) is 2.40. The summed E-state index contributed by atoms with van der Waals surface area (Å²) in [4.78, 5) is 4.27. The van der Waals surface area contributed by atoms with E-state index in [0.717, 1.165) is 16.5 Å². The molecule has 0 saturated heterocycles. The summed E-state index contributed by atoms with van der Waals surface area (Å²) < 4.78 is 0. The van der Waals surface area contributed by atoms with Crippen molar-refractivity contribution in [1.29, 1.82) is 0 Å². The van der Waals surface area contributed by atoms with Crippen LogP contribution < -0.4 is 5.73 Å². The SMILES string of the molecule is Cc1ccc2nc(Cl)c(CN)cc2c1. The van der Waals surface area contributed by atoms with Crippen LogP contribution in [0.4, 0.5) is 0 Å². The van der Waals surface area contributed by atoms with Gasteiger partial charge in [0.15, 0.2) is 0 Å². The smallest absolute Gasteiger partial charge is 0.134 e. The quantitative estimate of drug-likeness (QED) is 0.729. The molecule has 0 unspecified atom stereocenters. The standard InChI is InChI=1S/C11H11ClN2/c1-7-2-3-10-8(4-7)5-9(6-13)11(12)14-10/h2-5H,6,13H2,1H3. The summed E-state index contributed by atoms with van der Waals surface area (Å²) in [5, 5.41) is 1.60. The first-order valence-corrected chi connectivity index (χ1v) is 4.84. The van der Waals surface area contributed by atoms with E-state index in [2.05, 4.69) is 18.0 Å². The molecule has 2 aromatic rings. The highest BCUT2D eigenvalue weighted by Crippen LogP contribution is 2.20. The highest BCUT2D eigenvalue weighted by atomic mass is 35.5. The zero-order valence-corrected chi connectivity index (χ0v) is 8.67. The Bertz CT molecular complexity index is 480. The Morgan fingerprint density at radius 1 is 1.36 bits per heavy atom. The first-order chi connectivity index (χ1) is 6.70. The molecule has 2 rings (SSSR count). The minimum Gasteiger partial charge on any atom is -0.326 e. The second kappa shape index (κ2) is 3.56. The number of pyridine rings is 1. The van der Waals surface area contributed by atoms with Gasteiger partial charge in [-0.05, 0) is 25.1 Å². The van der Waals surface area contributed by atoms with Gasteiger partial charge in [0.2, 0.25) is 0 Å². The van der Waals surface area contributed by atoms with Gasteiger partial charge in [-0.2, -0.15) is 0 Å². The van der Waals surface area contributed by atoms with Gasteiger partial charge in [0.05, 0.1) is 5.52 Å². The number of aromatic nitrogens is 1. The van der Waals surface area contributed by atoms with E-state index >= 15 is 0 Å². The van der Waals surface area contributed by atoms with Gasteiger partial charge in [0.1, 0.15) is 5.15 Å². The Labute approximate surface area is 87.7 Å². The van der Waals surface area contributed by atoms with Crippen LogP contribution in [-0.4, -0.2) is 4.98 Å². The number of nitrogens with two attached hydrogens (primary N) is 1. The lowest BCUT2D eigenvalue weighted by Gasteiger charge is -2.04. The molecule has 0 amide bonds. The van der Waals surface area contributed by atoms with Crippen molar-refractivity contribution in [3.05, 3.63) is 40.5 Å². The number of hydrogen-bond donors (Lipinski definition) is 1. The van der Waals surface area contributed by atoms with Crippen molar-refractivity contribution in [3.8, 4) is 0 Å². The van der Waals surface area contributed by atoms with E-state index < -0.39 is 0 Å². The first kappa shape index (κ1) is 9.44. The lowest BCUT2D eigenvalue weighted by atomic mass is 10.1.